The third-order valence-electron chi connectivity index (χ3n) is 6.06. The maximum atomic E-state index is 13.7. The number of aliphatic hydroxyl groups is 1. The molecule has 204 valence electrons. The van der Waals surface area contributed by atoms with Crippen LogP contribution < -0.4 is 21.0 Å². The van der Waals surface area contributed by atoms with Crippen molar-refractivity contribution in [1.82, 2.24) is 14.6 Å². The summed E-state index contributed by atoms with van der Waals surface area (Å²) in [5.41, 5.74) is 5.04. The summed E-state index contributed by atoms with van der Waals surface area (Å²) < 4.78 is 31.9. The van der Waals surface area contributed by atoms with Crippen molar-refractivity contribution in [2.24, 2.45) is 5.92 Å². The van der Waals surface area contributed by atoms with Gasteiger partial charge in [-0.3, -0.25) is 13.9 Å². The summed E-state index contributed by atoms with van der Waals surface area (Å²) in [7, 11) is -4.07. The molecule has 4 N–H and O–H groups in total. The quantitative estimate of drug-likeness (QED) is 0.247. The highest BCUT2D eigenvalue weighted by Gasteiger charge is 2.39. The van der Waals surface area contributed by atoms with E-state index in [1.54, 1.807) is 30.3 Å². The van der Waals surface area contributed by atoms with Crippen LogP contribution in [0.15, 0.2) is 47.4 Å². The second kappa shape index (κ2) is 13.4. The minimum absolute atomic E-state index is 0.113. The molecule has 0 amide bonds. The first-order chi connectivity index (χ1) is 17.6. The topological polar surface area (TPSA) is 155 Å². The minimum Gasteiger partial charge on any atom is -0.464 e. The van der Waals surface area contributed by atoms with Crippen molar-refractivity contribution >= 4 is 31.3 Å². The Morgan fingerprint density at radius 1 is 1.30 bits per heavy atom. The van der Waals surface area contributed by atoms with E-state index in [0.717, 1.165) is 12.8 Å². The first-order valence-electron chi connectivity index (χ1n) is 12.3. The van der Waals surface area contributed by atoms with E-state index in [9.17, 15) is 19.3 Å². The molecule has 0 radical (unpaired) electrons. The Kier molecular flexibility index (Phi) is 10.6. The number of benzene rings is 1. The Morgan fingerprint density at radius 3 is 2.65 bits per heavy atom. The molecule has 1 aromatic carbocycles. The lowest BCUT2D eigenvalue weighted by Gasteiger charge is -2.25. The normalized spacial score (nSPS) is 21.9. The number of para-hydroxylation sites is 1. The van der Waals surface area contributed by atoms with Crippen LogP contribution in [0.5, 0.6) is 5.75 Å². The Morgan fingerprint density at radius 2 is 2.00 bits per heavy atom. The number of hydrogen-bond donors (Lipinski definition) is 3. The SMILES string of the molecule is CCC(CC)COC(=O)[C@H](C)NP(=O)(OC[C@H]1S[C@@H](n2ccc(N)nc2=O)C[C@H]1O)Oc1ccccc1. The molecule has 3 rings (SSSR count). The monoisotopic (exact) mass is 554 g/mol. The van der Waals surface area contributed by atoms with Crippen molar-refractivity contribution in [3.05, 3.63) is 53.1 Å². The van der Waals surface area contributed by atoms with E-state index in [2.05, 4.69) is 10.1 Å². The van der Waals surface area contributed by atoms with E-state index in [1.807, 2.05) is 13.8 Å². The molecule has 0 spiro atoms. The number of nitrogens with zero attached hydrogens (tertiary/aromatic N) is 2. The van der Waals surface area contributed by atoms with Crippen LogP contribution in [0.2, 0.25) is 0 Å². The first-order valence-corrected chi connectivity index (χ1v) is 14.7. The molecular weight excluding hydrogens is 519 g/mol. The van der Waals surface area contributed by atoms with Crippen molar-refractivity contribution in [2.75, 3.05) is 18.9 Å². The van der Waals surface area contributed by atoms with Crippen molar-refractivity contribution in [2.45, 2.75) is 62.8 Å². The molecule has 2 heterocycles. The number of carbonyl (C=O) groups is 1. The highest BCUT2D eigenvalue weighted by molar-refractivity contribution is 8.00. The smallest absolute Gasteiger partial charge is 0.459 e. The van der Waals surface area contributed by atoms with Crippen molar-refractivity contribution in [3.63, 3.8) is 0 Å². The molecule has 1 aliphatic heterocycles. The molecular formula is C24H35N4O7PS. The Balaban J connectivity index is 1.68. The lowest BCUT2D eigenvalue weighted by atomic mass is 10.1. The standard InChI is InChI=1S/C24H35N4O7PS/c1-4-17(5-2)14-33-23(30)16(3)27-36(32,35-18-9-7-6-8-10-18)34-15-20-19(29)13-22(37-20)28-12-11-21(25)26-24(28)31/h6-12,16-17,19-20,22,29H,4-5,13-15H2,1-3H3,(H,27,32)(H2,25,26,31)/t16-,19+,20+,22+,36?/m0/s1. The minimum atomic E-state index is -4.07. The lowest BCUT2D eigenvalue weighted by Crippen LogP contribution is -2.36. The fourth-order valence-electron chi connectivity index (χ4n) is 3.70. The summed E-state index contributed by atoms with van der Waals surface area (Å²) in [5.74, 6) is 0.0746. The molecule has 11 nitrogen and oxygen atoms in total. The second-order valence-electron chi connectivity index (χ2n) is 8.84. The van der Waals surface area contributed by atoms with Crippen LogP contribution >= 0.6 is 19.5 Å². The Labute approximate surface area is 220 Å². The zero-order chi connectivity index (χ0) is 27.0. The van der Waals surface area contributed by atoms with Crippen LogP contribution in [-0.2, 0) is 18.6 Å². The summed E-state index contributed by atoms with van der Waals surface area (Å²) in [6.07, 6.45) is 2.71. The number of nitrogens with two attached hydrogens (primary N) is 1. The van der Waals surface area contributed by atoms with Crippen LogP contribution in [0.1, 0.15) is 45.4 Å². The summed E-state index contributed by atoms with van der Waals surface area (Å²) in [6.45, 7) is 5.69. The fourth-order valence-corrected chi connectivity index (χ4v) is 6.76. The van der Waals surface area contributed by atoms with Gasteiger partial charge in [0.15, 0.2) is 0 Å². The van der Waals surface area contributed by atoms with Gasteiger partial charge >= 0.3 is 19.4 Å². The van der Waals surface area contributed by atoms with Gasteiger partial charge in [0.25, 0.3) is 0 Å². The third-order valence-corrected chi connectivity index (χ3v) is 9.24. The molecule has 1 aliphatic rings. The maximum Gasteiger partial charge on any atom is 0.459 e. The Bertz CT molecular complexity index is 1130. The van der Waals surface area contributed by atoms with Crippen LogP contribution in [0.4, 0.5) is 5.82 Å². The zero-order valence-electron chi connectivity index (χ0n) is 21.2. The van der Waals surface area contributed by atoms with Crippen LogP contribution in [0, 0.1) is 5.92 Å². The van der Waals surface area contributed by atoms with Gasteiger partial charge < -0.3 is 20.1 Å². The predicted molar refractivity (Wildman–Crippen MR) is 142 cm³/mol. The molecule has 13 heteroatoms. The van der Waals surface area contributed by atoms with Gasteiger partial charge in [0.2, 0.25) is 0 Å². The van der Waals surface area contributed by atoms with E-state index >= 15 is 0 Å². The highest BCUT2D eigenvalue weighted by Crippen LogP contribution is 2.48. The number of nitrogen functional groups attached to an aromatic ring is 1. The molecule has 1 aromatic heterocycles. The first kappa shape index (κ1) is 29.2. The van der Waals surface area contributed by atoms with Gasteiger partial charge in [0.05, 0.1) is 29.9 Å². The summed E-state index contributed by atoms with van der Waals surface area (Å²) in [4.78, 5) is 28.5. The highest BCUT2D eigenvalue weighted by atomic mass is 32.2. The van der Waals surface area contributed by atoms with E-state index in [1.165, 1.54) is 35.5 Å². The number of anilines is 1. The van der Waals surface area contributed by atoms with Crippen LogP contribution in [0.25, 0.3) is 0 Å². The summed E-state index contributed by atoms with van der Waals surface area (Å²) in [6, 6.07) is 8.97. The number of rotatable bonds is 13. The van der Waals surface area contributed by atoms with Gasteiger partial charge in [-0.15, -0.1) is 11.8 Å². The molecule has 37 heavy (non-hydrogen) atoms. The number of thioether (sulfide) groups is 1. The largest absolute Gasteiger partial charge is 0.464 e. The molecule has 1 saturated heterocycles. The fraction of sp³-hybridized carbons (Fsp3) is 0.542. The van der Waals surface area contributed by atoms with Crippen molar-refractivity contribution in [1.29, 1.82) is 0 Å². The molecule has 0 bridgehead atoms. The third kappa shape index (κ3) is 8.31. The van der Waals surface area contributed by atoms with Gasteiger partial charge in [-0.05, 0) is 31.0 Å². The number of nitrogens with one attached hydrogen (secondary N) is 1. The molecule has 1 unspecified atom stereocenters. The number of esters is 1. The number of aliphatic hydroxyl groups excluding tert-OH is 1. The molecule has 2 aromatic rings. The molecule has 0 saturated carbocycles. The summed E-state index contributed by atoms with van der Waals surface area (Å²) >= 11 is 1.29. The van der Waals surface area contributed by atoms with E-state index in [-0.39, 0.29) is 37.1 Å². The number of hydrogen-bond acceptors (Lipinski definition) is 10. The molecule has 5 atom stereocenters. The Hall–Kier alpha value is -2.37. The second-order valence-corrected chi connectivity index (χ2v) is 12.0. The van der Waals surface area contributed by atoms with Gasteiger partial charge in [0.1, 0.15) is 17.6 Å². The van der Waals surface area contributed by atoms with E-state index < -0.39 is 42.2 Å². The van der Waals surface area contributed by atoms with Crippen LogP contribution in [0.3, 0.4) is 0 Å². The maximum absolute atomic E-state index is 13.7. The molecule has 0 aliphatic carbocycles. The summed E-state index contributed by atoms with van der Waals surface area (Å²) in [5, 5.41) is 12.4. The number of aromatic nitrogens is 2. The molecule has 1 fully saturated rings. The van der Waals surface area contributed by atoms with E-state index in [4.69, 9.17) is 19.5 Å². The lowest BCUT2D eigenvalue weighted by molar-refractivity contribution is -0.146. The van der Waals surface area contributed by atoms with Crippen molar-refractivity contribution in [3.8, 4) is 5.75 Å². The van der Waals surface area contributed by atoms with Gasteiger partial charge in [0, 0.05) is 12.6 Å². The average Bonchev–Trinajstić information content (AvgIpc) is 3.23. The van der Waals surface area contributed by atoms with Gasteiger partial charge in [-0.25, -0.2) is 9.36 Å². The van der Waals surface area contributed by atoms with Gasteiger partial charge in [-0.1, -0.05) is 44.9 Å². The average molecular weight is 555 g/mol. The zero-order valence-corrected chi connectivity index (χ0v) is 22.9. The number of carbonyl (C=O) groups excluding carboxylic acids is 1. The van der Waals surface area contributed by atoms with E-state index in [0.29, 0.717) is 0 Å². The van der Waals surface area contributed by atoms with Crippen molar-refractivity contribution < 1.29 is 28.3 Å². The van der Waals surface area contributed by atoms with Gasteiger partial charge in [-0.2, -0.15) is 10.1 Å². The predicted octanol–water partition coefficient (Wildman–Crippen LogP) is 3.35. The van der Waals surface area contributed by atoms with Crippen LogP contribution in [-0.4, -0.2) is 51.2 Å². The number of ether oxygens (including phenoxy) is 1.